The van der Waals surface area contributed by atoms with E-state index in [4.69, 9.17) is 5.73 Å². The van der Waals surface area contributed by atoms with Crippen molar-refractivity contribution in [3.8, 4) is 0 Å². The number of rotatable bonds is 3. The van der Waals surface area contributed by atoms with Gasteiger partial charge in [0.25, 0.3) is 0 Å². The smallest absolute Gasteiger partial charge is 0.222 e. The Hall–Kier alpha value is -1.62. The first-order valence-electron chi connectivity index (χ1n) is 5.02. The number of anilines is 2. The number of nitrogens with one attached hydrogen (secondary N) is 1. The number of hydrogen-bond donors (Lipinski definition) is 2. The van der Waals surface area contributed by atoms with Gasteiger partial charge >= 0.3 is 0 Å². The lowest BCUT2D eigenvalue weighted by Gasteiger charge is -2.06. The van der Waals surface area contributed by atoms with Gasteiger partial charge in [-0.3, -0.25) is 0 Å². The van der Waals surface area contributed by atoms with Gasteiger partial charge in [-0.2, -0.15) is 16.3 Å². The van der Waals surface area contributed by atoms with Gasteiger partial charge in [-0.15, -0.1) is 0 Å². The zero-order valence-corrected chi connectivity index (χ0v) is 10.1. The van der Waals surface area contributed by atoms with Gasteiger partial charge in [0.15, 0.2) is 0 Å². The molecule has 0 aliphatic rings. The Bertz CT molecular complexity index is 472. The number of aromatic nitrogens is 2. The predicted octanol–water partition coefficient (Wildman–Crippen LogP) is 2.35. The molecule has 0 aliphatic heterocycles. The number of thiophene rings is 1. The molecule has 84 valence electrons. The van der Waals surface area contributed by atoms with Crippen LogP contribution in [-0.2, 0) is 6.54 Å². The van der Waals surface area contributed by atoms with E-state index in [0.29, 0.717) is 5.95 Å². The van der Waals surface area contributed by atoms with E-state index in [-0.39, 0.29) is 0 Å². The van der Waals surface area contributed by atoms with Gasteiger partial charge in [-0.25, -0.2) is 4.98 Å². The Labute approximate surface area is 98.6 Å². The summed E-state index contributed by atoms with van der Waals surface area (Å²) in [4.78, 5) is 8.15. The fraction of sp³-hybridized carbons (Fsp3) is 0.273. The second-order valence-electron chi connectivity index (χ2n) is 3.69. The molecule has 2 aromatic heterocycles. The molecular formula is C11H14N4S. The first-order chi connectivity index (χ1) is 7.65. The molecule has 0 aliphatic carbocycles. The van der Waals surface area contributed by atoms with Crippen molar-refractivity contribution in [2.24, 2.45) is 0 Å². The largest absolute Gasteiger partial charge is 0.368 e. The molecule has 0 radical (unpaired) electrons. The lowest BCUT2D eigenvalue weighted by molar-refractivity contribution is 1.06. The van der Waals surface area contributed by atoms with Crippen molar-refractivity contribution < 1.29 is 0 Å². The van der Waals surface area contributed by atoms with Gasteiger partial charge in [0.05, 0.1) is 0 Å². The molecule has 5 heteroatoms. The average Bonchev–Trinajstić information content (AvgIpc) is 2.59. The summed E-state index contributed by atoms with van der Waals surface area (Å²) in [5, 5.41) is 7.52. The molecule has 4 nitrogen and oxygen atoms in total. The Morgan fingerprint density at radius 2 is 2.12 bits per heavy atom. The summed E-state index contributed by atoms with van der Waals surface area (Å²) in [6.45, 7) is 4.78. The number of nitrogen functional groups attached to an aromatic ring is 1. The van der Waals surface area contributed by atoms with E-state index in [0.717, 1.165) is 18.1 Å². The fourth-order valence-corrected chi connectivity index (χ4v) is 2.29. The van der Waals surface area contributed by atoms with Gasteiger partial charge in [0, 0.05) is 18.3 Å². The van der Waals surface area contributed by atoms with Crippen LogP contribution in [0.4, 0.5) is 11.8 Å². The number of nitrogens with zero attached hydrogens (tertiary/aromatic N) is 2. The summed E-state index contributed by atoms with van der Waals surface area (Å²) in [7, 11) is 0. The maximum Gasteiger partial charge on any atom is 0.222 e. The Kier molecular flexibility index (Phi) is 3.05. The molecule has 2 aromatic rings. The molecule has 2 rings (SSSR count). The van der Waals surface area contributed by atoms with Crippen LogP contribution in [0.25, 0.3) is 0 Å². The van der Waals surface area contributed by atoms with E-state index in [1.807, 2.05) is 13.0 Å². The molecule has 2 heterocycles. The maximum absolute atomic E-state index is 5.58. The van der Waals surface area contributed by atoms with E-state index in [9.17, 15) is 0 Å². The highest BCUT2D eigenvalue weighted by Crippen LogP contribution is 2.15. The highest BCUT2D eigenvalue weighted by atomic mass is 32.1. The van der Waals surface area contributed by atoms with E-state index < -0.39 is 0 Å². The molecule has 0 saturated heterocycles. The highest BCUT2D eigenvalue weighted by Gasteiger charge is 2.01. The van der Waals surface area contributed by atoms with Crippen LogP contribution in [-0.4, -0.2) is 9.97 Å². The maximum atomic E-state index is 5.58. The van der Waals surface area contributed by atoms with Crippen molar-refractivity contribution in [3.05, 3.63) is 33.6 Å². The molecule has 0 saturated carbocycles. The van der Waals surface area contributed by atoms with E-state index in [2.05, 4.69) is 33.0 Å². The summed E-state index contributed by atoms with van der Waals surface area (Å²) >= 11 is 1.71. The van der Waals surface area contributed by atoms with Crippen LogP contribution in [0.3, 0.4) is 0 Å². The summed E-state index contributed by atoms with van der Waals surface area (Å²) < 4.78 is 0. The first-order valence-corrected chi connectivity index (χ1v) is 5.96. The van der Waals surface area contributed by atoms with Crippen LogP contribution in [0.1, 0.15) is 16.8 Å². The molecule has 0 fully saturated rings. The van der Waals surface area contributed by atoms with Crippen molar-refractivity contribution >= 4 is 23.1 Å². The Morgan fingerprint density at radius 3 is 2.75 bits per heavy atom. The van der Waals surface area contributed by atoms with Crippen molar-refractivity contribution in [2.45, 2.75) is 20.4 Å². The van der Waals surface area contributed by atoms with Crippen molar-refractivity contribution in [2.75, 3.05) is 11.1 Å². The third-order valence-electron chi connectivity index (χ3n) is 2.29. The van der Waals surface area contributed by atoms with Crippen molar-refractivity contribution in [1.82, 2.24) is 9.97 Å². The van der Waals surface area contributed by atoms with Crippen LogP contribution >= 0.6 is 11.3 Å². The lowest BCUT2D eigenvalue weighted by atomic mass is 10.2. The quantitative estimate of drug-likeness (QED) is 0.855. The third kappa shape index (κ3) is 2.49. The molecule has 3 N–H and O–H groups in total. The molecule has 16 heavy (non-hydrogen) atoms. The van der Waals surface area contributed by atoms with E-state index >= 15 is 0 Å². The van der Waals surface area contributed by atoms with Crippen LogP contribution in [0.15, 0.2) is 16.8 Å². The normalized spacial score (nSPS) is 10.4. The molecule has 0 bridgehead atoms. The lowest BCUT2D eigenvalue weighted by Crippen LogP contribution is -2.05. The number of aryl methyl sites for hydroxylation is 2. The zero-order valence-electron chi connectivity index (χ0n) is 9.32. The van der Waals surface area contributed by atoms with Gasteiger partial charge < -0.3 is 11.1 Å². The minimum Gasteiger partial charge on any atom is -0.368 e. The molecular weight excluding hydrogens is 220 g/mol. The summed E-state index contributed by atoms with van der Waals surface area (Å²) in [6, 6.07) is 1.89. The Morgan fingerprint density at radius 1 is 1.31 bits per heavy atom. The molecule has 0 unspecified atom stereocenters. The van der Waals surface area contributed by atoms with Gasteiger partial charge in [0.1, 0.15) is 5.82 Å². The van der Waals surface area contributed by atoms with Gasteiger partial charge in [-0.1, -0.05) is 0 Å². The minimum atomic E-state index is 0.310. The summed E-state index contributed by atoms with van der Waals surface area (Å²) in [5.41, 5.74) is 9.04. The van der Waals surface area contributed by atoms with Gasteiger partial charge in [0.2, 0.25) is 5.95 Å². The second-order valence-corrected chi connectivity index (χ2v) is 4.43. The van der Waals surface area contributed by atoms with Gasteiger partial charge in [-0.05, 0) is 35.7 Å². The standard InChI is InChI=1S/C11H14N4S/c1-7-5-16-6-9(7)4-13-10-3-8(2)14-11(12)15-10/h3,5-6H,4H2,1-2H3,(H3,12,13,14,15). The number of nitrogens with two attached hydrogens (primary N) is 1. The third-order valence-corrected chi connectivity index (χ3v) is 3.20. The predicted molar refractivity (Wildman–Crippen MR) is 67.6 cm³/mol. The SMILES string of the molecule is Cc1cc(NCc2cscc2C)nc(N)n1. The summed E-state index contributed by atoms with van der Waals surface area (Å²) in [5.74, 6) is 1.08. The minimum absolute atomic E-state index is 0.310. The van der Waals surface area contributed by atoms with Crippen molar-refractivity contribution in [1.29, 1.82) is 0 Å². The molecule has 0 spiro atoms. The van der Waals surface area contributed by atoms with E-state index in [1.54, 1.807) is 11.3 Å². The molecule has 0 amide bonds. The summed E-state index contributed by atoms with van der Waals surface area (Å²) in [6.07, 6.45) is 0. The zero-order chi connectivity index (χ0) is 11.5. The molecule has 0 aromatic carbocycles. The van der Waals surface area contributed by atoms with Crippen molar-refractivity contribution in [3.63, 3.8) is 0 Å². The second kappa shape index (κ2) is 4.49. The van der Waals surface area contributed by atoms with Crippen LogP contribution < -0.4 is 11.1 Å². The molecule has 0 atom stereocenters. The topological polar surface area (TPSA) is 63.8 Å². The number of hydrogen-bond acceptors (Lipinski definition) is 5. The monoisotopic (exact) mass is 234 g/mol. The highest BCUT2D eigenvalue weighted by molar-refractivity contribution is 7.08. The van der Waals surface area contributed by atoms with Crippen LogP contribution in [0, 0.1) is 13.8 Å². The first kappa shape index (κ1) is 10.9. The van der Waals surface area contributed by atoms with Crippen LogP contribution in [0.2, 0.25) is 0 Å². The average molecular weight is 234 g/mol. The van der Waals surface area contributed by atoms with E-state index in [1.165, 1.54) is 11.1 Å². The van der Waals surface area contributed by atoms with Crippen LogP contribution in [0.5, 0.6) is 0 Å². The fourth-order valence-electron chi connectivity index (χ4n) is 1.44. The Balaban J connectivity index is 2.07.